The fourth-order valence-electron chi connectivity index (χ4n) is 3.79. The molecule has 2 nitrogen and oxygen atoms in total. The highest BCUT2D eigenvalue weighted by Crippen LogP contribution is 2.26. The zero-order chi connectivity index (χ0) is 21.7. The summed E-state index contributed by atoms with van der Waals surface area (Å²) in [7, 11) is 0. The Morgan fingerprint density at radius 3 is 1.84 bits per heavy atom. The van der Waals surface area contributed by atoms with Crippen LogP contribution in [0.5, 0.6) is 5.75 Å². The Morgan fingerprint density at radius 2 is 1.23 bits per heavy atom. The van der Waals surface area contributed by atoms with Crippen LogP contribution in [0.25, 0.3) is 22.4 Å². The summed E-state index contributed by atoms with van der Waals surface area (Å²) in [6.45, 7) is 5.29. The molecule has 2 aromatic carbocycles. The van der Waals surface area contributed by atoms with E-state index in [4.69, 9.17) is 9.72 Å². The van der Waals surface area contributed by atoms with Gasteiger partial charge in [-0.2, -0.15) is 0 Å². The molecule has 3 aromatic rings. The molecule has 0 fully saturated rings. The smallest absolute Gasteiger partial charge is 0.119 e. The third-order valence-electron chi connectivity index (χ3n) is 5.78. The van der Waals surface area contributed by atoms with Crippen LogP contribution in [-0.2, 0) is 6.42 Å². The van der Waals surface area contributed by atoms with Gasteiger partial charge in [0.25, 0.3) is 0 Å². The van der Waals surface area contributed by atoms with Gasteiger partial charge in [-0.25, -0.2) is 0 Å². The third-order valence-corrected chi connectivity index (χ3v) is 5.78. The topological polar surface area (TPSA) is 22.1 Å². The molecule has 0 N–H and O–H groups in total. The van der Waals surface area contributed by atoms with Gasteiger partial charge in [0, 0.05) is 11.8 Å². The SMILES string of the molecule is CCCCCCOc1ccc(-c2ccc(-c3ccc(CCCCCC)cn3)cc2)cc1. The molecule has 31 heavy (non-hydrogen) atoms. The highest BCUT2D eigenvalue weighted by Gasteiger charge is 2.03. The Balaban J connectivity index is 1.53. The Kier molecular flexibility index (Phi) is 9.63. The van der Waals surface area contributed by atoms with Gasteiger partial charge in [-0.1, -0.05) is 94.8 Å². The fraction of sp³-hybridized carbons (Fsp3) is 0.414. The van der Waals surface area contributed by atoms with E-state index in [1.165, 1.54) is 61.6 Å². The Bertz CT molecular complexity index is 866. The molecule has 0 amide bonds. The van der Waals surface area contributed by atoms with Crippen LogP contribution in [0.1, 0.15) is 70.8 Å². The number of aryl methyl sites for hydroxylation is 1. The van der Waals surface area contributed by atoms with Crippen molar-refractivity contribution in [3.8, 4) is 28.1 Å². The van der Waals surface area contributed by atoms with Crippen LogP contribution in [0, 0.1) is 0 Å². The van der Waals surface area contributed by atoms with Gasteiger partial charge in [0.05, 0.1) is 12.3 Å². The molecule has 3 rings (SSSR count). The predicted octanol–water partition coefficient (Wildman–Crippen LogP) is 8.50. The number of ether oxygens (including phenoxy) is 1. The molecule has 0 aliphatic heterocycles. The summed E-state index contributed by atoms with van der Waals surface area (Å²) in [5.74, 6) is 0.954. The minimum absolute atomic E-state index is 0.804. The number of hydrogen-bond donors (Lipinski definition) is 0. The van der Waals surface area contributed by atoms with Crippen LogP contribution in [0.3, 0.4) is 0 Å². The summed E-state index contributed by atoms with van der Waals surface area (Å²) in [6.07, 6.45) is 13.3. The first-order valence-corrected chi connectivity index (χ1v) is 12.1. The van der Waals surface area contributed by atoms with Crippen molar-refractivity contribution in [2.45, 2.75) is 71.6 Å². The van der Waals surface area contributed by atoms with Crippen molar-refractivity contribution in [3.63, 3.8) is 0 Å². The molecule has 0 aliphatic rings. The van der Waals surface area contributed by atoms with E-state index in [1.54, 1.807) is 0 Å². The average molecular weight is 416 g/mol. The van der Waals surface area contributed by atoms with E-state index in [0.29, 0.717) is 0 Å². The van der Waals surface area contributed by atoms with E-state index < -0.39 is 0 Å². The predicted molar refractivity (Wildman–Crippen MR) is 133 cm³/mol. The second-order valence-electron chi connectivity index (χ2n) is 8.37. The van der Waals surface area contributed by atoms with Crippen molar-refractivity contribution in [1.29, 1.82) is 0 Å². The summed E-state index contributed by atoms with van der Waals surface area (Å²) >= 11 is 0. The van der Waals surface area contributed by atoms with E-state index in [9.17, 15) is 0 Å². The van der Waals surface area contributed by atoms with Crippen LogP contribution in [0.15, 0.2) is 66.9 Å². The van der Waals surface area contributed by atoms with Crippen molar-refractivity contribution < 1.29 is 4.74 Å². The first-order valence-electron chi connectivity index (χ1n) is 12.1. The van der Waals surface area contributed by atoms with E-state index in [1.807, 2.05) is 6.20 Å². The lowest BCUT2D eigenvalue weighted by Crippen LogP contribution is -1.96. The number of nitrogens with zero attached hydrogens (tertiary/aromatic N) is 1. The quantitative estimate of drug-likeness (QED) is 0.261. The van der Waals surface area contributed by atoms with E-state index in [-0.39, 0.29) is 0 Å². The Hall–Kier alpha value is -2.61. The summed E-state index contributed by atoms with van der Waals surface area (Å²) in [6, 6.07) is 21.5. The molecule has 0 aliphatic carbocycles. The van der Waals surface area contributed by atoms with E-state index in [0.717, 1.165) is 36.5 Å². The summed E-state index contributed by atoms with van der Waals surface area (Å²) in [5, 5.41) is 0. The average Bonchev–Trinajstić information content (AvgIpc) is 2.83. The summed E-state index contributed by atoms with van der Waals surface area (Å²) in [4.78, 5) is 4.69. The number of benzene rings is 2. The minimum atomic E-state index is 0.804. The lowest BCUT2D eigenvalue weighted by molar-refractivity contribution is 0.305. The van der Waals surface area contributed by atoms with Crippen molar-refractivity contribution in [2.75, 3.05) is 6.61 Å². The molecular weight excluding hydrogens is 378 g/mol. The fourth-order valence-corrected chi connectivity index (χ4v) is 3.79. The normalized spacial score (nSPS) is 10.9. The lowest BCUT2D eigenvalue weighted by Gasteiger charge is -2.08. The first-order chi connectivity index (χ1) is 15.3. The lowest BCUT2D eigenvalue weighted by atomic mass is 10.0. The maximum atomic E-state index is 5.86. The Labute approximate surface area is 188 Å². The minimum Gasteiger partial charge on any atom is -0.494 e. The van der Waals surface area contributed by atoms with Gasteiger partial charge in [-0.05, 0) is 54.2 Å². The molecule has 1 heterocycles. The molecule has 0 radical (unpaired) electrons. The molecule has 0 atom stereocenters. The number of pyridine rings is 1. The van der Waals surface area contributed by atoms with E-state index in [2.05, 4.69) is 74.5 Å². The summed E-state index contributed by atoms with van der Waals surface area (Å²) in [5.41, 5.74) is 5.96. The van der Waals surface area contributed by atoms with Crippen molar-refractivity contribution >= 4 is 0 Å². The molecule has 1 aromatic heterocycles. The molecule has 0 saturated heterocycles. The van der Waals surface area contributed by atoms with Gasteiger partial charge in [-0.15, -0.1) is 0 Å². The monoisotopic (exact) mass is 415 g/mol. The van der Waals surface area contributed by atoms with Crippen molar-refractivity contribution in [3.05, 3.63) is 72.4 Å². The van der Waals surface area contributed by atoms with Crippen LogP contribution < -0.4 is 4.74 Å². The van der Waals surface area contributed by atoms with Crippen molar-refractivity contribution in [1.82, 2.24) is 4.98 Å². The number of aromatic nitrogens is 1. The first kappa shape index (κ1) is 23.1. The molecule has 164 valence electrons. The van der Waals surface area contributed by atoms with Gasteiger partial charge >= 0.3 is 0 Å². The maximum absolute atomic E-state index is 5.86. The molecule has 0 spiro atoms. The van der Waals surface area contributed by atoms with Gasteiger partial charge < -0.3 is 4.74 Å². The summed E-state index contributed by atoms with van der Waals surface area (Å²) < 4.78 is 5.86. The zero-order valence-corrected chi connectivity index (χ0v) is 19.3. The highest BCUT2D eigenvalue weighted by atomic mass is 16.5. The van der Waals surface area contributed by atoms with Crippen LogP contribution in [0.4, 0.5) is 0 Å². The van der Waals surface area contributed by atoms with E-state index >= 15 is 0 Å². The highest BCUT2D eigenvalue weighted by molar-refractivity contribution is 5.69. The largest absolute Gasteiger partial charge is 0.494 e. The number of hydrogen-bond acceptors (Lipinski definition) is 2. The Morgan fingerprint density at radius 1 is 0.613 bits per heavy atom. The third kappa shape index (κ3) is 7.54. The van der Waals surface area contributed by atoms with Crippen molar-refractivity contribution in [2.24, 2.45) is 0 Å². The van der Waals surface area contributed by atoms with Gasteiger partial charge in [0.15, 0.2) is 0 Å². The van der Waals surface area contributed by atoms with Crippen LogP contribution >= 0.6 is 0 Å². The standard InChI is InChI=1S/C29H37NO/c1-3-5-7-9-11-24-12-21-29(30-23-24)27-15-13-25(14-16-27)26-17-19-28(20-18-26)31-22-10-8-6-4-2/h12-21,23H,3-11,22H2,1-2H3. The maximum Gasteiger partial charge on any atom is 0.119 e. The van der Waals surface area contributed by atoms with Crippen LogP contribution in [0.2, 0.25) is 0 Å². The molecule has 2 heteroatoms. The molecule has 0 bridgehead atoms. The van der Waals surface area contributed by atoms with Gasteiger partial charge in [0.2, 0.25) is 0 Å². The van der Waals surface area contributed by atoms with Crippen LogP contribution in [-0.4, -0.2) is 11.6 Å². The molecule has 0 unspecified atom stereocenters. The molecular formula is C29H37NO. The second-order valence-corrected chi connectivity index (χ2v) is 8.37. The zero-order valence-electron chi connectivity index (χ0n) is 19.3. The second kappa shape index (κ2) is 12.9. The van der Waals surface area contributed by atoms with Gasteiger partial charge in [0.1, 0.15) is 5.75 Å². The number of rotatable bonds is 13. The molecule has 0 saturated carbocycles. The van der Waals surface area contributed by atoms with Gasteiger partial charge in [-0.3, -0.25) is 4.98 Å². The number of unbranched alkanes of at least 4 members (excludes halogenated alkanes) is 6.